The summed E-state index contributed by atoms with van der Waals surface area (Å²) in [6.07, 6.45) is 4.85. The van der Waals surface area contributed by atoms with Gasteiger partial charge in [0.25, 0.3) is 5.56 Å². The summed E-state index contributed by atoms with van der Waals surface area (Å²) in [7, 11) is 1.72. The number of fused-ring (bicyclic) bond motifs is 1. The van der Waals surface area contributed by atoms with E-state index < -0.39 is 0 Å². The largest absolute Gasteiger partial charge is 0.348 e. The second-order valence-electron chi connectivity index (χ2n) is 6.36. The third-order valence-electron chi connectivity index (χ3n) is 3.87. The lowest BCUT2D eigenvalue weighted by Gasteiger charge is -2.07. The second-order valence-corrected chi connectivity index (χ2v) is 7.27. The Kier molecular flexibility index (Phi) is 4.39. The smallest absolute Gasteiger partial charge is 0.275 e. The van der Waals surface area contributed by atoms with Gasteiger partial charge in [-0.15, -0.1) is 0 Å². The van der Waals surface area contributed by atoms with Gasteiger partial charge >= 0.3 is 0 Å². The Bertz CT molecular complexity index is 891. The maximum atomic E-state index is 12.4. The molecule has 0 spiro atoms. The zero-order valence-corrected chi connectivity index (χ0v) is 15.2. The van der Waals surface area contributed by atoms with Crippen LogP contribution >= 0.6 is 15.9 Å². The van der Waals surface area contributed by atoms with Crippen molar-refractivity contribution < 1.29 is 0 Å². The molecule has 120 valence electrons. The minimum Gasteiger partial charge on any atom is -0.348 e. The molecule has 1 aromatic carbocycles. The van der Waals surface area contributed by atoms with Gasteiger partial charge in [0.2, 0.25) is 0 Å². The Morgan fingerprint density at radius 1 is 1.13 bits per heavy atom. The van der Waals surface area contributed by atoms with Crippen molar-refractivity contribution in [2.45, 2.75) is 26.8 Å². The molecule has 0 atom stereocenters. The van der Waals surface area contributed by atoms with Gasteiger partial charge in [0, 0.05) is 35.8 Å². The highest BCUT2D eigenvalue weighted by atomic mass is 79.9. The van der Waals surface area contributed by atoms with E-state index in [2.05, 4.69) is 51.6 Å². The third-order valence-corrected chi connectivity index (χ3v) is 4.39. The van der Waals surface area contributed by atoms with Crippen LogP contribution in [0.25, 0.3) is 10.8 Å². The fourth-order valence-corrected chi connectivity index (χ4v) is 3.06. The molecule has 0 N–H and O–H groups in total. The highest BCUT2D eigenvalue weighted by Gasteiger charge is 2.13. The minimum absolute atomic E-state index is 0.0398. The van der Waals surface area contributed by atoms with E-state index in [0.29, 0.717) is 5.92 Å². The van der Waals surface area contributed by atoms with Crippen molar-refractivity contribution in [3.8, 4) is 0 Å². The van der Waals surface area contributed by atoms with Gasteiger partial charge in [0.1, 0.15) is 0 Å². The van der Waals surface area contributed by atoms with Gasteiger partial charge in [-0.25, -0.2) is 4.68 Å². The minimum atomic E-state index is -0.0398. The maximum absolute atomic E-state index is 12.4. The molecule has 4 nitrogen and oxygen atoms in total. The zero-order chi connectivity index (χ0) is 16.6. The first kappa shape index (κ1) is 16.0. The Balaban J connectivity index is 2.04. The van der Waals surface area contributed by atoms with Gasteiger partial charge in [-0.05, 0) is 30.0 Å². The number of halogens is 1. The van der Waals surface area contributed by atoms with E-state index in [4.69, 9.17) is 0 Å². The fourth-order valence-electron chi connectivity index (χ4n) is 2.79. The van der Waals surface area contributed by atoms with Crippen LogP contribution in [0.3, 0.4) is 0 Å². The first-order valence-corrected chi connectivity index (χ1v) is 8.53. The Morgan fingerprint density at radius 2 is 1.78 bits per heavy atom. The van der Waals surface area contributed by atoms with Crippen LogP contribution in [0.4, 0.5) is 0 Å². The van der Waals surface area contributed by atoms with E-state index >= 15 is 0 Å². The molecule has 23 heavy (non-hydrogen) atoms. The third kappa shape index (κ3) is 3.39. The normalized spacial score (nSPS) is 11.5. The molecule has 0 fully saturated rings. The number of aryl methyl sites for hydroxylation is 1. The number of benzene rings is 1. The van der Waals surface area contributed by atoms with Crippen molar-refractivity contribution in [1.82, 2.24) is 14.3 Å². The summed E-state index contributed by atoms with van der Waals surface area (Å²) in [4.78, 5) is 12.4. The van der Waals surface area contributed by atoms with Crippen LogP contribution in [0.5, 0.6) is 0 Å². The highest BCUT2D eigenvalue weighted by molar-refractivity contribution is 9.10. The number of rotatable bonds is 4. The molecular formula is C18H20BrN3O. The monoisotopic (exact) mass is 373 g/mol. The van der Waals surface area contributed by atoms with Crippen molar-refractivity contribution in [2.24, 2.45) is 13.0 Å². The van der Waals surface area contributed by atoms with Gasteiger partial charge < -0.3 is 4.57 Å². The van der Waals surface area contributed by atoms with Gasteiger partial charge in [-0.2, -0.15) is 5.10 Å². The Labute approximate surface area is 143 Å². The molecule has 2 heterocycles. The molecule has 0 radical (unpaired) electrons. The molecule has 0 saturated heterocycles. The first-order valence-electron chi connectivity index (χ1n) is 7.74. The lowest BCUT2D eigenvalue weighted by molar-refractivity contribution is 0.605. The van der Waals surface area contributed by atoms with Crippen LogP contribution in [0, 0.1) is 5.92 Å². The molecule has 0 amide bonds. The molecule has 0 aliphatic rings. The topological polar surface area (TPSA) is 39.8 Å². The van der Waals surface area contributed by atoms with E-state index in [1.54, 1.807) is 7.05 Å². The van der Waals surface area contributed by atoms with E-state index in [-0.39, 0.29) is 5.56 Å². The summed E-state index contributed by atoms with van der Waals surface area (Å²) < 4.78 is 4.58. The van der Waals surface area contributed by atoms with Crippen LogP contribution in [0.1, 0.15) is 25.1 Å². The van der Waals surface area contributed by atoms with Crippen LogP contribution < -0.4 is 5.56 Å². The molecule has 3 aromatic rings. The summed E-state index contributed by atoms with van der Waals surface area (Å²) in [6.45, 7) is 5.07. The number of aromatic nitrogens is 3. The molecule has 2 aromatic heterocycles. The molecule has 0 saturated carbocycles. The van der Waals surface area contributed by atoms with E-state index in [9.17, 15) is 4.79 Å². The molecule has 0 unspecified atom stereocenters. The quantitative estimate of drug-likeness (QED) is 0.698. The number of hydrogen-bond donors (Lipinski definition) is 0. The maximum Gasteiger partial charge on any atom is 0.275 e. The average molecular weight is 374 g/mol. The van der Waals surface area contributed by atoms with E-state index in [1.807, 2.05) is 24.5 Å². The first-order chi connectivity index (χ1) is 10.9. The summed E-state index contributed by atoms with van der Waals surface area (Å²) >= 11 is 3.45. The molecular weight excluding hydrogens is 354 g/mol. The predicted octanol–water partition coefficient (Wildman–Crippen LogP) is 3.74. The number of hydrogen-bond acceptors (Lipinski definition) is 2. The standard InChI is InChI=1S/C18H20BrN3O/c1-12(2)8-17-15-10-22(9-13-4-6-14(19)7-5-13)11-16(15)18(23)21(3)20-17/h4-7,10-12H,8-9H2,1-3H3. The molecule has 0 aliphatic carbocycles. The lowest BCUT2D eigenvalue weighted by atomic mass is 10.1. The van der Waals surface area contributed by atoms with E-state index in [1.165, 1.54) is 10.2 Å². The van der Waals surface area contributed by atoms with Crippen LogP contribution in [-0.4, -0.2) is 14.3 Å². The van der Waals surface area contributed by atoms with Gasteiger partial charge in [0.15, 0.2) is 0 Å². The Morgan fingerprint density at radius 3 is 2.43 bits per heavy atom. The second kappa shape index (κ2) is 6.32. The average Bonchev–Trinajstić information content (AvgIpc) is 2.91. The summed E-state index contributed by atoms with van der Waals surface area (Å²) in [5.74, 6) is 0.498. The van der Waals surface area contributed by atoms with Crippen LogP contribution in [0.2, 0.25) is 0 Å². The summed E-state index contributed by atoms with van der Waals surface area (Å²) in [6, 6.07) is 8.23. The SMILES string of the molecule is CC(C)Cc1nn(C)c(=O)c2cn(Cc3ccc(Br)cc3)cc12. The van der Waals surface area contributed by atoms with Crippen LogP contribution in [0.15, 0.2) is 45.9 Å². The van der Waals surface area contributed by atoms with Crippen molar-refractivity contribution in [3.63, 3.8) is 0 Å². The van der Waals surface area contributed by atoms with Crippen molar-refractivity contribution in [1.29, 1.82) is 0 Å². The molecule has 5 heteroatoms. The highest BCUT2D eigenvalue weighted by Crippen LogP contribution is 2.19. The molecule has 0 bridgehead atoms. The predicted molar refractivity (Wildman–Crippen MR) is 96.8 cm³/mol. The molecule has 3 rings (SSSR count). The Hall–Kier alpha value is -1.88. The number of nitrogens with zero attached hydrogens (tertiary/aromatic N) is 3. The van der Waals surface area contributed by atoms with Crippen molar-refractivity contribution >= 4 is 26.7 Å². The molecule has 0 aliphatic heterocycles. The van der Waals surface area contributed by atoms with Crippen LogP contribution in [-0.2, 0) is 20.0 Å². The summed E-state index contributed by atoms with van der Waals surface area (Å²) in [5.41, 5.74) is 2.15. The van der Waals surface area contributed by atoms with Crippen molar-refractivity contribution in [2.75, 3.05) is 0 Å². The summed E-state index contributed by atoms with van der Waals surface area (Å²) in [5, 5.41) is 6.17. The lowest BCUT2D eigenvalue weighted by Crippen LogP contribution is -2.21. The fraction of sp³-hybridized carbons (Fsp3) is 0.333. The van der Waals surface area contributed by atoms with Gasteiger partial charge in [-0.3, -0.25) is 4.79 Å². The van der Waals surface area contributed by atoms with Crippen molar-refractivity contribution in [3.05, 3.63) is 62.7 Å². The van der Waals surface area contributed by atoms with Gasteiger partial charge in [0.05, 0.1) is 11.1 Å². The van der Waals surface area contributed by atoms with E-state index in [0.717, 1.165) is 33.9 Å². The van der Waals surface area contributed by atoms with Gasteiger partial charge in [-0.1, -0.05) is 41.9 Å². The zero-order valence-electron chi connectivity index (χ0n) is 13.6.